The quantitative estimate of drug-likeness (QED) is 0.534. The van der Waals surface area contributed by atoms with Gasteiger partial charge in [-0.05, 0) is 53.5 Å². The van der Waals surface area contributed by atoms with Crippen molar-refractivity contribution in [2.75, 3.05) is 40.0 Å². The van der Waals surface area contributed by atoms with Crippen LogP contribution in [0.4, 0.5) is 0 Å². The summed E-state index contributed by atoms with van der Waals surface area (Å²) < 4.78 is 11.1. The third kappa shape index (κ3) is 5.90. The van der Waals surface area contributed by atoms with Gasteiger partial charge < -0.3 is 19.3 Å². The summed E-state index contributed by atoms with van der Waals surface area (Å²) in [6.45, 7) is 7.93. The van der Waals surface area contributed by atoms with Crippen molar-refractivity contribution in [3.8, 4) is 5.75 Å². The number of hydrogen-bond donors (Lipinski definition) is 0. The van der Waals surface area contributed by atoms with Crippen LogP contribution >= 0.6 is 11.3 Å². The Morgan fingerprint density at radius 3 is 2.62 bits per heavy atom. The second kappa shape index (κ2) is 11.5. The molecule has 0 N–H and O–H groups in total. The molecule has 2 aromatic rings. The smallest absolute Gasteiger partial charge is 0.249 e. The van der Waals surface area contributed by atoms with Gasteiger partial charge in [0.05, 0.1) is 12.6 Å². The summed E-state index contributed by atoms with van der Waals surface area (Å²) in [4.78, 5) is 30.5. The zero-order chi connectivity index (χ0) is 23.1. The topological polar surface area (TPSA) is 59.1 Å². The van der Waals surface area contributed by atoms with Crippen molar-refractivity contribution in [2.45, 2.75) is 45.6 Å². The van der Waals surface area contributed by atoms with Crippen LogP contribution in [0.15, 0.2) is 35.7 Å². The third-order valence-corrected chi connectivity index (χ3v) is 6.81. The molecule has 1 aliphatic heterocycles. The number of carbonyl (C=O) groups is 2. The first-order chi connectivity index (χ1) is 15.4. The monoisotopic (exact) mass is 458 g/mol. The molecule has 3 rings (SSSR count). The lowest BCUT2D eigenvalue weighted by Crippen LogP contribution is -2.48. The summed E-state index contributed by atoms with van der Waals surface area (Å²) in [5.74, 6) is 1.06. The Morgan fingerprint density at radius 1 is 1.22 bits per heavy atom. The molecule has 32 heavy (non-hydrogen) atoms. The van der Waals surface area contributed by atoms with E-state index in [2.05, 4.69) is 37.4 Å². The van der Waals surface area contributed by atoms with Crippen LogP contribution < -0.4 is 4.74 Å². The number of rotatable bonds is 10. The molecule has 174 valence electrons. The van der Waals surface area contributed by atoms with Gasteiger partial charge in [0.1, 0.15) is 19.0 Å². The number of amides is 2. The molecule has 6 nitrogen and oxygen atoms in total. The molecular weight excluding hydrogens is 424 g/mol. The standard InChI is InChI=1S/C25H34N2O4S/c1-5-12-26(25(29)17-30-4)15-24(28)27-13-10-23-21(11-14-32-23)22(27)16-31-20-8-6-19(7-9-20)18(2)3/h6-9,11,14,18,22H,5,10,12-13,15-17H2,1-4H3/t22-/m1/s1. The van der Waals surface area contributed by atoms with Crippen LogP contribution in [-0.4, -0.2) is 61.6 Å². The van der Waals surface area contributed by atoms with Gasteiger partial charge in [-0.1, -0.05) is 32.9 Å². The first-order valence-electron chi connectivity index (χ1n) is 11.3. The van der Waals surface area contributed by atoms with E-state index in [1.807, 2.05) is 24.0 Å². The fourth-order valence-electron chi connectivity index (χ4n) is 4.03. The molecule has 1 aliphatic rings. The van der Waals surface area contributed by atoms with Crippen molar-refractivity contribution in [1.29, 1.82) is 0 Å². The maximum atomic E-state index is 13.3. The highest BCUT2D eigenvalue weighted by molar-refractivity contribution is 7.10. The van der Waals surface area contributed by atoms with Crippen molar-refractivity contribution >= 4 is 23.2 Å². The first kappa shape index (κ1) is 24.3. The van der Waals surface area contributed by atoms with Gasteiger partial charge in [0.15, 0.2) is 0 Å². The molecule has 0 aliphatic carbocycles. The molecule has 7 heteroatoms. The SMILES string of the molecule is CCCN(CC(=O)N1CCc2sccc2[C@H]1COc1ccc(C(C)C)cc1)C(=O)COC. The summed E-state index contributed by atoms with van der Waals surface area (Å²) >= 11 is 1.73. The van der Waals surface area contributed by atoms with Crippen LogP contribution in [0.1, 0.15) is 55.2 Å². The van der Waals surface area contributed by atoms with Gasteiger partial charge in [-0.3, -0.25) is 9.59 Å². The Balaban J connectivity index is 1.73. The number of methoxy groups -OCH3 is 1. The minimum Gasteiger partial charge on any atom is -0.491 e. The minimum absolute atomic E-state index is 0.0130. The first-order valence-corrected chi connectivity index (χ1v) is 12.2. The van der Waals surface area contributed by atoms with Crippen LogP contribution in [0.2, 0.25) is 0 Å². The normalized spacial score (nSPS) is 15.5. The Labute approximate surface area is 195 Å². The second-order valence-electron chi connectivity index (χ2n) is 8.44. The largest absolute Gasteiger partial charge is 0.491 e. The van der Waals surface area contributed by atoms with E-state index >= 15 is 0 Å². The highest BCUT2D eigenvalue weighted by Gasteiger charge is 2.33. The van der Waals surface area contributed by atoms with Gasteiger partial charge in [0.2, 0.25) is 11.8 Å². The predicted octanol–water partition coefficient (Wildman–Crippen LogP) is 4.26. The van der Waals surface area contributed by atoms with Gasteiger partial charge in [-0.25, -0.2) is 0 Å². The Bertz CT molecular complexity index is 894. The maximum Gasteiger partial charge on any atom is 0.249 e. The van der Waals surface area contributed by atoms with Crippen LogP contribution in [0, 0.1) is 0 Å². The van der Waals surface area contributed by atoms with Gasteiger partial charge in [-0.2, -0.15) is 0 Å². The molecule has 0 radical (unpaired) electrons. The van der Waals surface area contributed by atoms with E-state index < -0.39 is 0 Å². The summed E-state index contributed by atoms with van der Waals surface area (Å²) in [5.41, 5.74) is 2.42. The highest BCUT2D eigenvalue weighted by Crippen LogP contribution is 2.34. The van der Waals surface area contributed by atoms with E-state index in [-0.39, 0.29) is 31.0 Å². The lowest BCUT2D eigenvalue weighted by molar-refractivity contribution is -0.144. The average Bonchev–Trinajstić information content (AvgIpc) is 3.26. The molecular formula is C25H34N2O4S. The third-order valence-electron chi connectivity index (χ3n) is 5.81. The summed E-state index contributed by atoms with van der Waals surface area (Å²) in [6.07, 6.45) is 1.62. The number of nitrogens with zero attached hydrogens (tertiary/aromatic N) is 2. The second-order valence-corrected chi connectivity index (χ2v) is 9.44. The summed E-state index contributed by atoms with van der Waals surface area (Å²) in [5, 5.41) is 2.08. The Kier molecular flexibility index (Phi) is 8.70. The van der Waals surface area contributed by atoms with Crippen LogP contribution in [0.3, 0.4) is 0 Å². The Hall–Kier alpha value is -2.38. The summed E-state index contributed by atoms with van der Waals surface area (Å²) in [7, 11) is 1.49. The van der Waals surface area contributed by atoms with Crippen molar-refractivity contribution in [2.24, 2.45) is 0 Å². The number of benzene rings is 1. The highest BCUT2D eigenvalue weighted by atomic mass is 32.1. The van der Waals surface area contributed by atoms with Gasteiger partial charge in [-0.15, -0.1) is 11.3 Å². The molecule has 2 amide bonds. The molecule has 1 aromatic heterocycles. The van der Waals surface area contributed by atoms with E-state index in [4.69, 9.17) is 9.47 Å². The van der Waals surface area contributed by atoms with Gasteiger partial charge >= 0.3 is 0 Å². The van der Waals surface area contributed by atoms with E-state index in [9.17, 15) is 9.59 Å². The molecule has 2 heterocycles. The number of carbonyl (C=O) groups excluding carboxylic acids is 2. The lowest BCUT2D eigenvalue weighted by Gasteiger charge is -2.37. The van der Waals surface area contributed by atoms with E-state index in [0.717, 1.165) is 24.2 Å². The van der Waals surface area contributed by atoms with Crippen molar-refractivity contribution in [3.63, 3.8) is 0 Å². The molecule has 1 aromatic carbocycles. The fraction of sp³-hybridized carbons (Fsp3) is 0.520. The zero-order valence-electron chi connectivity index (χ0n) is 19.5. The fourth-order valence-corrected chi connectivity index (χ4v) is 4.96. The maximum absolute atomic E-state index is 13.3. The molecule has 0 spiro atoms. The molecule has 0 fully saturated rings. The van der Waals surface area contributed by atoms with Crippen molar-refractivity contribution in [1.82, 2.24) is 9.80 Å². The zero-order valence-corrected chi connectivity index (χ0v) is 20.3. The number of hydrogen-bond acceptors (Lipinski definition) is 5. The van der Waals surface area contributed by atoms with Crippen LogP contribution in [0.25, 0.3) is 0 Å². The average molecular weight is 459 g/mol. The van der Waals surface area contributed by atoms with E-state index in [1.54, 1.807) is 16.2 Å². The molecule has 0 unspecified atom stereocenters. The molecule has 0 bridgehead atoms. The lowest BCUT2D eigenvalue weighted by atomic mass is 10.00. The van der Waals surface area contributed by atoms with E-state index in [1.165, 1.54) is 17.6 Å². The number of ether oxygens (including phenoxy) is 2. The molecule has 0 saturated carbocycles. The van der Waals surface area contributed by atoms with Crippen molar-refractivity contribution in [3.05, 3.63) is 51.7 Å². The number of fused-ring (bicyclic) bond motifs is 1. The van der Waals surface area contributed by atoms with Gasteiger partial charge in [0.25, 0.3) is 0 Å². The number of thiophene rings is 1. The Morgan fingerprint density at radius 2 is 1.97 bits per heavy atom. The molecule has 0 saturated heterocycles. The van der Waals surface area contributed by atoms with Gasteiger partial charge in [0, 0.05) is 25.1 Å². The van der Waals surface area contributed by atoms with Crippen molar-refractivity contribution < 1.29 is 19.1 Å². The van der Waals surface area contributed by atoms with Crippen LogP contribution in [-0.2, 0) is 20.7 Å². The summed E-state index contributed by atoms with van der Waals surface area (Å²) in [6, 6.07) is 10.1. The predicted molar refractivity (Wildman–Crippen MR) is 127 cm³/mol. The molecule has 1 atom stereocenters. The van der Waals surface area contributed by atoms with Crippen LogP contribution in [0.5, 0.6) is 5.75 Å². The minimum atomic E-state index is -0.164. The van der Waals surface area contributed by atoms with E-state index in [0.29, 0.717) is 25.6 Å².